The third-order valence-corrected chi connectivity index (χ3v) is 4.20. The van der Waals surface area contributed by atoms with Crippen LogP contribution in [0.15, 0.2) is 0 Å². The van der Waals surface area contributed by atoms with Gasteiger partial charge in [0.1, 0.15) is 6.04 Å². The number of aliphatic carboxylic acids is 1. The third kappa shape index (κ3) is 1.65. The first kappa shape index (κ1) is 11.4. The first-order valence-electron chi connectivity index (χ1n) is 6.42. The van der Waals surface area contributed by atoms with Gasteiger partial charge in [-0.15, -0.1) is 0 Å². The summed E-state index contributed by atoms with van der Waals surface area (Å²) in [4.78, 5) is 13.4. The molecule has 0 bridgehead atoms. The van der Waals surface area contributed by atoms with Gasteiger partial charge in [-0.25, -0.2) is 9.48 Å². The summed E-state index contributed by atoms with van der Waals surface area (Å²) in [5, 5.41) is 20.8. The van der Waals surface area contributed by atoms with Crippen LogP contribution < -0.4 is 4.90 Å². The molecule has 2 heterocycles. The third-order valence-electron chi connectivity index (χ3n) is 4.20. The Morgan fingerprint density at radius 1 is 1.39 bits per heavy atom. The van der Waals surface area contributed by atoms with Crippen LogP contribution in [0.2, 0.25) is 0 Å². The van der Waals surface area contributed by atoms with Crippen molar-refractivity contribution >= 4 is 11.9 Å². The van der Waals surface area contributed by atoms with E-state index in [2.05, 4.69) is 15.5 Å². The molecule has 0 radical (unpaired) electrons. The zero-order valence-corrected chi connectivity index (χ0v) is 10.4. The molecule has 1 saturated carbocycles. The van der Waals surface area contributed by atoms with Crippen molar-refractivity contribution in [3.8, 4) is 0 Å². The summed E-state index contributed by atoms with van der Waals surface area (Å²) in [6.45, 7) is 0. The van der Waals surface area contributed by atoms with Gasteiger partial charge < -0.3 is 10.0 Å². The Balaban J connectivity index is 1.97. The highest BCUT2D eigenvalue weighted by Crippen LogP contribution is 2.41. The number of carboxylic acids is 1. The normalized spacial score (nSPS) is 31.4. The molecule has 3 atom stereocenters. The van der Waals surface area contributed by atoms with Crippen molar-refractivity contribution in [1.82, 2.24) is 20.2 Å². The van der Waals surface area contributed by atoms with E-state index in [4.69, 9.17) is 0 Å². The van der Waals surface area contributed by atoms with Crippen molar-refractivity contribution < 1.29 is 9.90 Å². The van der Waals surface area contributed by atoms with E-state index in [-0.39, 0.29) is 6.04 Å². The zero-order chi connectivity index (χ0) is 12.7. The fourth-order valence-corrected chi connectivity index (χ4v) is 3.41. The number of carboxylic acid groups (broad SMARTS) is 1. The van der Waals surface area contributed by atoms with Crippen molar-refractivity contribution in [2.24, 2.45) is 13.0 Å². The van der Waals surface area contributed by atoms with Crippen LogP contribution in [0.4, 0.5) is 5.95 Å². The van der Waals surface area contributed by atoms with E-state index in [1.54, 1.807) is 11.7 Å². The Morgan fingerprint density at radius 2 is 2.17 bits per heavy atom. The summed E-state index contributed by atoms with van der Waals surface area (Å²) < 4.78 is 1.56. The minimum Gasteiger partial charge on any atom is -0.480 e. The lowest BCUT2D eigenvalue weighted by atomic mass is 9.85. The molecule has 7 nitrogen and oxygen atoms in total. The second-order valence-electron chi connectivity index (χ2n) is 5.21. The maximum absolute atomic E-state index is 11.4. The SMILES string of the molecule is Cn1nnnc1N1C(C(=O)O)CC2CCCCC21. The van der Waals surface area contributed by atoms with Crippen molar-refractivity contribution in [3.63, 3.8) is 0 Å². The van der Waals surface area contributed by atoms with Crippen molar-refractivity contribution in [1.29, 1.82) is 0 Å². The van der Waals surface area contributed by atoms with Crippen LogP contribution in [0, 0.1) is 5.92 Å². The van der Waals surface area contributed by atoms with Crippen LogP contribution in [-0.4, -0.2) is 43.4 Å². The molecule has 1 aliphatic carbocycles. The molecule has 1 aromatic rings. The summed E-state index contributed by atoms with van der Waals surface area (Å²) in [6.07, 6.45) is 5.25. The van der Waals surface area contributed by atoms with Gasteiger partial charge in [0, 0.05) is 13.1 Å². The first-order valence-corrected chi connectivity index (χ1v) is 6.42. The Labute approximate surface area is 105 Å². The number of aryl methyl sites for hydroxylation is 1. The Bertz CT molecular complexity index is 460. The van der Waals surface area contributed by atoms with E-state index < -0.39 is 12.0 Å². The van der Waals surface area contributed by atoms with Gasteiger partial charge in [0.2, 0.25) is 5.95 Å². The van der Waals surface area contributed by atoms with Gasteiger partial charge in [-0.1, -0.05) is 17.9 Å². The molecule has 1 saturated heterocycles. The number of anilines is 1. The molecule has 1 aromatic heterocycles. The number of rotatable bonds is 2. The van der Waals surface area contributed by atoms with Crippen molar-refractivity contribution in [3.05, 3.63) is 0 Å². The fraction of sp³-hybridized carbons (Fsp3) is 0.818. The van der Waals surface area contributed by atoms with Crippen LogP contribution in [0.25, 0.3) is 0 Å². The molecule has 3 unspecified atom stereocenters. The summed E-state index contributed by atoms with van der Waals surface area (Å²) >= 11 is 0. The molecule has 0 spiro atoms. The summed E-state index contributed by atoms with van der Waals surface area (Å²) in [5.41, 5.74) is 0. The lowest BCUT2D eigenvalue weighted by molar-refractivity contribution is -0.138. The summed E-state index contributed by atoms with van der Waals surface area (Å²) in [5.74, 6) is 0.278. The summed E-state index contributed by atoms with van der Waals surface area (Å²) in [6, 6.07) is -0.202. The van der Waals surface area contributed by atoms with Crippen molar-refractivity contribution in [2.75, 3.05) is 4.90 Å². The monoisotopic (exact) mass is 251 g/mol. The quantitative estimate of drug-likeness (QED) is 0.820. The van der Waals surface area contributed by atoms with Gasteiger partial charge in [-0.3, -0.25) is 0 Å². The Hall–Kier alpha value is -1.66. The Kier molecular flexibility index (Phi) is 2.68. The molecule has 0 aromatic carbocycles. The largest absolute Gasteiger partial charge is 0.480 e. The lowest BCUT2D eigenvalue weighted by Gasteiger charge is -2.32. The molecule has 0 amide bonds. The van der Waals surface area contributed by atoms with E-state index >= 15 is 0 Å². The van der Waals surface area contributed by atoms with Crippen molar-refractivity contribution in [2.45, 2.75) is 44.2 Å². The van der Waals surface area contributed by atoms with Crippen LogP contribution in [0.3, 0.4) is 0 Å². The van der Waals surface area contributed by atoms with Crippen LogP contribution in [0.1, 0.15) is 32.1 Å². The topological polar surface area (TPSA) is 84.1 Å². The van der Waals surface area contributed by atoms with Gasteiger partial charge in [0.15, 0.2) is 0 Å². The number of aromatic nitrogens is 4. The molecule has 2 fully saturated rings. The number of nitrogens with zero attached hydrogens (tertiary/aromatic N) is 5. The number of hydrogen-bond donors (Lipinski definition) is 1. The maximum Gasteiger partial charge on any atom is 0.326 e. The van der Waals surface area contributed by atoms with Gasteiger partial charge in [0.25, 0.3) is 0 Å². The average molecular weight is 251 g/mol. The highest BCUT2D eigenvalue weighted by atomic mass is 16.4. The second-order valence-corrected chi connectivity index (χ2v) is 5.21. The predicted octanol–water partition coefficient (Wildman–Crippen LogP) is 0.432. The van der Waals surface area contributed by atoms with Gasteiger partial charge in [-0.05, 0) is 35.6 Å². The zero-order valence-electron chi connectivity index (χ0n) is 10.4. The van der Waals surface area contributed by atoms with Gasteiger partial charge in [-0.2, -0.15) is 0 Å². The fourth-order valence-electron chi connectivity index (χ4n) is 3.41. The average Bonchev–Trinajstić information content (AvgIpc) is 2.92. The second kappa shape index (κ2) is 4.22. The van der Waals surface area contributed by atoms with Gasteiger partial charge in [0.05, 0.1) is 0 Å². The molecule has 1 aliphatic heterocycles. The molecule has 98 valence electrons. The molecule has 3 rings (SSSR count). The van der Waals surface area contributed by atoms with E-state index in [1.807, 2.05) is 4.90 Å². The number of tetrazole rings is 1. The van der Waals surface area contributed by atoms with E-state index in [1.165, 1.54) is 6.42 Å². The molecule has 1 N–H and O–H groups in total. The summed E-state index contributed by atoms with van der Waals surface area (Å²) in [7, 11) is 1.75. The Morgan fingerprint density at radius 3 is 2.83 bits per heavy atom. The van der Waals surface area contributed by atoms with Crippen LogP contribution in [-0.2, 0) is 11.8 Å². The minimum absolute atomic E-state index is 0.282. The van der Waals surface area contributed by atoms with Crippen LogP contribution >= 0.6 is 0 Å². The predicted molar refractivity (Wildman–Crippen MR) is 63.1 cm³/mol. The smallest absolute Gasteiger partial charge is 0.326 e. The molecular formula is C11H17N5O2. The van der Waals surface area contributed by atoms with Crippen LogP contribution in [0.5, 0.6) is 0 Å². The van der Waals surface area contributed by atoms with E-state index in [0.717, 1.165) is 19.3 Å². The standard InChI is InChI=1S/C11H17N5O2/c1-15-11(12-13-14-15)16-8-5-3-2-4-7(8)6-9(16)10(17)18/h7-9H,2-6H2,1H3,(H,17,18). The maximum atomic E-state index is 11.4. The van der Waals surface area contributed by atoms with Gasteiger partial charge >= 0.3 is 5.97 Å². The molecular weight excluding hydrogens is 234 g/mol. The number of hydrogen-bond acceptors (Lipinski definition) is 5. The highest BCUT2D eigenvalue weighted by Gasteiger charge is 2.47. The highest BCUT2D eigenvalue weighted by molar-refractivity contribution is 5.78. The number of carbonyl (C=O) groups is 1. The molecule has 7 heteroatoms. The first-order chi connectivity index (χ1) is 8.68. The van der Waals surface area contributed by atoms with E-state index in [9.17, 15) is 9.90 Å². The minimum atomic E-state index is -0.771. The molecule has 18 heavy (non-hydrogen) atoms. The lowest BCUT2D eigenvalue weighted by Crippen LogP contribution is -2.43. The van der Waals surface area contributed by atoms with E-state index in [0.29, 0.717) is 18.3 Å². The number of fused-ring (bicyclic) bond motifs is 1. The molecule has 2 aliphatic rings.